The summed E-state index contributed by atoms with van der Waals surface area (Å²) >= 11 is 0. The van der Waals surface area contributed by atoms with Crippen LogP contribution in [0.5, 0.6) is 0 Å². The van der Waals surface area contributed by atoms with Crippen LogP contribution in [0.4, 0.5) is 20.2 Å². The van der Waals surface area contributed by atoms with Crippen LogP contribution in [0.1, 0.15) is 19.3 Å². The number of halogens is 4. The van der Waals surface area contributed by atoms with Crippen molar-refractivity contribution in [3.8, 4) is 0 Å². The van der Waals surface area contributed by atoms with Gasteiger partial charge in [0.25, 0.3) is 5.92 Å². The Labute approximate surface area is 158 Å². The van der Waals surface area contributed by atoms with Crippen LogP contribution in [0.3, 0.4) is 0 Å². The van der Waals surface area contributed by atoms with Crippen molar-refractivity contribution in [3.63, 3.8) is 0 Å². The molecule has 0 saturated carbocycles. The van der Waals surface area contributed by atoms with E-state index in [9.17, 15) is 13.6 Å². The van der Waals surface area contributed by atoms with Gasteiger partial charge < -0.3 is 15.4 Å². The van der Waals surface area contributed by atoms with Gasteiger partial charge in [0.15, 0.2) is 0 Å². The molecule has 2 aliphatic rings. The molecule has 2 aliphatic heterocycles. The number of alkyl halides is 2. The highest BCUT2D eigenvalue weighted by Gasteiger charge is 2.42. The summed E-state index contributed by atoms with van der Waals surface area (Å²) in [6.07, 6.45) is 1.49. The van der Waals surface area contributed by atoms with Gasteiger partial charge in [-0.1, -0.05) is 0 Å². The van der Waals surface area contributed by atoms with Crippen LogP contribution in [0.25, 0.3) is 0 Å². The first-order chi connectivity index (χ1) is 11.0. The predicted octanol–water partition coefficient (Wildman–Crippen LogP) is 3.06. The Morgan fingerprint density at radius 3 is 2.28 bits per heavy atom. The molecule has 0 aromatic heterocycles. The molecule has 0 bridgehead atoms. The standard InChI is InChI=1S/C16H21F2N3O2.2ClH/c17-16(18)9-14(19-10-16)15(22)21-12-3-1-11(2-4-12)20-13-5-7-23-8-6-13;;/h1-4,13-14,19-20H,5-10H2,(H,21,22);2*1H. The zero-order valence-electron chi connectivity index (χ0n) is 13.6. The van der Waals surface area contributed by atoms with Gasteiger partial charge in [-0.3, -0.25) is 10.1 Å². The van der Waals surface area contributed by atoms with Crippen molar-refractivity contribution in [1.29, 1.82) is 0 Å². The first-order valence-corrected chi connectivity index (χ1v) is 7.88. The number of nitrogens with one attached hydrogen (secondary N) is 3. The van der Waals surface area contributed by atoms with Crippen LogP contribution in [0, 0.1) is 0 Å². The molecule has 2 fully saturated rings. The summed E-state index contributed by atoms with van der Waals surface area (Å²) in [7, 11) is 0. The molecule has 142 valence electrons. The van der Waals surface area contributed by atoms with E-state index in [4.69, 9.17) is 4.74 Å². The van der Waals surface area contributed by atoms with Crippen molar-refractivity contribution < 1.29 is 18.3 Å². The Balaban J connectivity index is 0.00000156. The lowest BCUT2D eigenvalue weighted by atomic mass is 10.1. The first kappa shape index (κ1) is 21.9. The van der Waals surface area contributed by atoms with E-state index in [0.717, 1.165) is 31.7 Å². The average Bonchev–Trinajstić information content (AvgIpc) is 2.90. The molecule has 1 unspecified atom stereocenters. The molecular weight excluding hydrogens is 375 g/mol. The van der Waals surface area contributed by atoms with Crippen LogP contribution >= 0.6 is 24.8 Å². The molecule has 3 N–H and O–H groups in total. The smallest absolute Gasteiger partial charge is 0.262 e. The average molecular weight is 398 g/mol. The summed E-state index contributed by atoms with van der Waals surface area (Å²) in [5, 5.41) is 8.64. The Kier molecular flexibility index (Phi) is 8.34. The Bertz CT molecular complexity index is 555. The quantitative estimate of drug-likeness (QED) is 0.730. The number of hydrogen-bond acceptors (Lipinski definition) is 4. The zero-order valence-corrected chi connectivity index (χ0v) is 15.2. The molecular formula is C16H23Cl2F2N3O2. The molecule has 1 amide bonds. The number of benzene rings is 1. The molecule has 1 aromatic rings. The summed E-state index contributed by atoms with van der Waals surface area (Å²) in [5.74, 6) is -3.23. The fourth-order valence-corrected chi connectivity index (χ4v) is 2.86. The molecule has 0 aliphatic carbocycles. The summed E-state index contributed by atoms with van der Waals surface area (Å²) in [5.41, 5.74) is 1.57. The highest BCUT2D eigenvalue weighted by atomic mass is 35.5. The van der Waals surface area contributed by atoms with E-state index in [2.05, 4.69) is 16.0 Å². The van der Waals surface area contributed by atoms with E-state index >= 15 is 0 Å². The molecule has 0 radical (unpaired) electrons. The van der Waals surface area contributed by atoms with Crippen molar-refractivity contribution in [2.24, 2.45) is 0 Å². The second-order valence-electron chi connectivity index (χ2n) is 6.09. The maximum Gasteiger partial charge on any atom is 0.262 e. The first-order valence-electron chi connectivity index (χ1n) is 7.88. The molecule has 0 spiro atoms. The van der Waals surface area contributed by atoms with Gasteiger partial charge in [0.2, 0.25) is 5.91 Å². The van der Waals surface area contributed by atoms with Crippen molar-refractivity contribution in [2.45, 2.75) is 37.3 Å². The number of amides is 1. The van der Waals surface area contributed by atoms with Crippen molar-refractivity contribution in [2.75, 3.05) is 30.4 Å². The van der Waals surface area contributed by atoms with Crippen LogP contribution in [-0.2, 0) is 9.53 Å². The normalized spacial score (nSPS) is 22.4. The molecule has 2 heterocycles. The Hall–Kier alpha value is -1.15. The number of carbonyl (C=O) groups is 1. The highest BCUT2D eigenvalue weighted by Crippen LogP contribution is 2.26. The molecule has 1 aromatic carbocycles. The summed E-state index contributed by atoms with van der Waals surface area (Å²) in [4.78, 5) is 12.0. The molecule has 9 heteroatoms. The minimum atomic E-state index is -2.81. The van der Waals surface area contributed by atoms with Crippen molar-refractivity contribution in [1.82, 2.24) is 5.32 Å². The van der Waals surface area contributed by atoms with E-state index in [-0.39, 0.29) is 24.8 Å². The monoisotopic (exact) mass is 397 g/mol. The van der Waals surface area contributed by atoms with Gasteiger partial charge >= 0.3 is 0 Å². The van der Waals surface area contributed by atoms with E-state index in [1.165, 1.54) is 0 Å². The minimum Gasteiger partial charge on any atom is -0.382 e. The molecule has 25 heavy (non-hydrogen) atoms. The zero-order chi connectivity index (χ0) is 16.3. The second kappa shape index (κ2) is 9.52. The largest absolute Gasteiger partial charge is 0.382 e. The van der Waals surface area contributed by atoms with Gasteiger partial charge in [-0.15, -0.1) is 24.8 Å². The molecule has 5 nitrogen and oxygen atoms in total. The van der Waals surface area contributed by atoms with Gasteiger partial charge in [0, 0.05) is 37.1 Å². The maximum atomic E-state index is 13.1. The fraction of sp³-hybridized carbons (Fsp3) is 0.562. The summed E-state index contributed by atoms with van der Waals surface area (Å²) in [6, 6.07) is 6.85. The number of hydrogen-bond donors (Lipinski definition) is 3. The number of ether oxygens (including phenoxy) is 1. The van der Waals surface area contributed by atoms with Gasteiger partial charge in [-0.2, -0.15) is 0 Å². The fourth-order valence-electron chi connectivity index (χ4n) is 2.86. The maximum absolute atomic E-state index is 13.1. The van der Waals surface area contributed by atoms with Gasteiger partial charge in [0.1, 0.15) is 0 Å². The number of anilines is 2. The van der Waals surface area contributed by atoms with E-state index in [0.29, 0.717) is 11.7 Å². The third-order valence-corrected chi connectivity index (χ3v) is 4.17. The lowest BCUT2D eigenvalue weighted by Crippen LogP contribution is -2.35. The van der Waals surface area contributed by atoms with Crippen LogP contribution in [-0.4, -0.2) is 43.7 Å². The molecule has 2 saturated heterocycles. The number of rotatable bonds is 4. The predicted molar refractivity (Wildman–Crippen MR) is 98.4 cm³/mol. The van der Waals surface area contributed by atoms with Gasteiger partial charge in [-0.05, 0) is 37.1 Å². The lowest BCUT2D eigenvalue weighted by molar-refractivity contribution is -0.118. The Morgan fingerprint density at radius 1 is 1.12 bits per heavy atom. The van der Waals surface area contributed by atoms with E-state index < -0.39 is 30.8 Å². The SMILES string of the molecule is Cl.Cl.O=C(Nc1ccc(NC2CCOCC2)cc1)C1CC(F)(F)CN1. The highest BCUT2D eigenvalue weighted by molar-refractivity contribution is 5.95. The second-order valence-corrected chi connectivity index (χ2v) is 6.09. The van der Waals surface area contributed by atoms with Crippen LogP contribution < -0.4 is 16.0 Å². The van der Waals surface area contributed by atoms with Gasteiger partial charge in [-0.25, -0.2) is 8.78 Å². The lowest BCUT2D eigenvalue weighted by Gasteiger charge is -2.24. The van der Waals surface area contributed by atoms with Crippen LogP contribution in [0.2, 0.25) is 0 Å². The number of carbonyl (C=O) groups excluding carboxylic acids is 1. The Morgan fingerprint density at radius 2 is 1.72 bits per heavy atom. The third kappa shape index (κ3) is 6.26. The summed E-state index contributed by atoms with van der Waals surface area (Å²) < 4.78 is 31.5. The topological polar surface area (TPSA) is 62.4 Å². The van der Waals surface area contributed by atoms with Crippen molar-refractivity contribution >= 4 is 42.1 Å². The van der Waals surface area contributed by atoms with Crippen LogP contribution in [0.15, 0.2) is 24.3 Å². The van der Waals surface area contributed by atoms with Gasteiger partial charge in [0.05, 0.1) is 12.6 Å². The minimum absolute atomic E-state index is 0. The van der Waals surface area contributed by atoms with E-state index in [1.807, 2.05) is 12.1 Å². The van der Waals surface area contributed by atoms with Crippen molar-refractivity contribution in [3.05, 3.63) is 24.3 Å². The molecule has 3 rings (SSSR count). The molecule has 1 atom stereocenters. The van der Waals surface area contributed by atoms with E-state index in [1.54, 1.807) is 12.1 Å². The summed E-state index contributed by atoms with van der Waals surface area (Å²) in [6.45, 7) is 1.09. The third-order valence-electron chi connectivity index (χ3n) is 4.17.